The molecule has 1 fully saturated rings. The maximum absolute atomic E-state index is 11.8. The minimum absolute atomic E-state index is 0.0253. The Morgan fingerprint density at radius 1 is 1.43 bits per heavy atom. The van der Waals surface area contributed by atoms with E-state index in [1.165, 1.54) is 14.0 Å². The second kappa shape index (κ2) is 5.15. The van der Waals surface area contributed by atoms with Crippen LogP contribution in [-0.4, -0.2) is 57.9 Å². The summed E-state index contributed by atoms with van der Waals surface area (Å²) in [7, 11) is 0. The molecular formula is C10H12N5O5Pt. The zero-order valence-corrected chi connectivity index (χ0v) is 12.7. The molecule has 1 saturated heterocycles. The van der Waals surface area contributed by atoms with Crippen molar-refractivity contribution in [2.75, 3.05) is 12.3 Å². The number of hydrogen-bond donors (Lipinski definition) is 4. The van der Waals surface area contributed by atoms with Crippen LogP contribution in [0.1, 0.15) is 6.23 Å². The molecule has 0 aromatic carbocycles. The van der Waals surface area contributed by atoms with Crippen molar-refractivity contribution in [1.29, 1.82) is 0 Å². The van der Waals surface area contributed by atoms with Crippen molar-refractivity contribution >= 4 is 17.1 Å². The second-order valence-corrected chi connectivity index (χ2v) is 5.60. The van der Waals surface area contributed by atoms with Crippen LogP contribution in [0.5, 0.6) is 0 Å². The van der Waals surface area contributed by atoms with Gasteiger partial charge in [0.15, 0.2) is 0 Å². The van der Waals surface area contributed by atoms with Crippen LogP contribution in [0, 0.1) is 0 Å². The Bertz CT molecular complexity index is 745. The fourth-order valence-corrected chi connectivity index (χ4v) is 2.91. The van der Waals surface area contributed by atoms with Crippen molar-refractivity contribution in [3.05, 3.63) is 16.7 Å². The van der Waals surface area contributed by atoms with Gasteiger partial charge in [-0.3, -0.25) is 0 Å². The van der Waals surface area contributed by atoms with Crippen LogP contribution >= 0.6 is 0 Å². The summed E-state index contributed by atoms with van der Waals surface area (Å²) in [6.45, 7) is -0.442. The molecule has 3 heterocycles. The third-order valence-corrected chi connectivity index (χ3v) is 4.34. The Morgan fingerprint density at radius 3 is 2.76 bits per heavy atom. The Kier molecular flexibility index (Phi) is 3.58. The molecule has 0 unspecified atom stereocenters. The molecule has 5 N–H and O–H groups in total. The van der Waals surface area contributed by atoms with E-state index in [0.29, 0.717) is 5.65 Å². The molecule has 0 aliphatic carbocycles. The van der Waals surface area contributed by atoms with Crippen molar-refractivity contribution in [3.8, 4) is 0 Å². The van der Waals surface area contributed by atoms with Gasteiger partial charge in [0.2, 0.25) is 0 Å². The standard InChI is InChI=1S/C10H13N5O5.Pt/c11-10-13-7-4(8(19)14-10)12-2-15(7)9-6(18)5(17)3(1-16)20-9;/h2-3,5-6,9,16-18H,1H2,(H3,11,13,14,19);/q;+1/p-1/t3-,5-,6-,9-;/m1./s1. The Balaban J connectivity index is 2.16. The van der Waals surface area contributed by atoms with Crippen LogP contribution in [0.4, 0.5) is 5.95 Å². The summed E-state index contributed by atoms with van der Waals surface area (Å²) in [6.07, 6.45) is -3.14. The van der Waals surface area contributed by atoms with E-state index in [9.17, 15) is 15.0 Å². The molecule has 2 aromatic rings. The monoisotopic (exact) mass is 477 g/mol. The van der Waals surface area contributed by atoms with E-state index < -0.39 is 36.7 Å². The van der Waals surface area contributed by atoms with Gasteiger partial charge in [0.25, 0.3) is 0 Å². The van der Waals surface area contributed by atoms with Crippen LogP contribution in [0.3, 0.4) is 0 Å². The number of imidazole rings is 1. The molecule has 0 amide bonds. The third-order valence-electron chi connectivity index (χ3n) is 3.34. The molecule has 0 bridgehead atoms. The number of hydrogen-bond acceptors (Lipinski definition) is 8. The summed E-state index contributed by atoms with van der Waals surface area (Å²) in [4.78, 5) is 19.3. The minimum atomic E-state index is -1.28. The maximum atomic E-state index is 11.8. The number of ether oxygens (including phenoxy) is 1. The van der Waals surface area contributed by atoms with Crippen molar-refractivity contribution in [3.63, 3.8) is 0 Å². The predicted molar refractivity (Wildman–Crippen MR) is 64.6 cm³/mol. The number of rotatable bonds is 2. The molecular weight excluding hydrogens is 465 g/mol. The molecule has 10 nitrogen and oxygen atoms in total. The number of nitrogen functional groups attached to an aromatic ring is 1. The summed E-state index contributed by atoms with van der Waals surface area (Å²) < 4.78 is 8.20. The van der Waals surface area contributed by atoms with Crippen LogP contribution < -0.4 is 11.3 Å². The molecule has 117 valence electrons. The Hall–Kier alpha value is -1.32. The molecule has 11 heteroatoms. The third kappa shape index (κ3) is 2.11. The number of nitrogens with two attached hydrogens (primary N) is 1. The van der Waals surface area contributed by atoms with Gasteiger partial charge in [0, 0.05) is 0 Å². The Morgan fingerprint density at radius 2 is 2.14 bits per heavy atom. The summed E-state index contributed by atoms with van der Waals surface area (Å²) >= 11 is 1.82. The first-order chi connectivity index (χ1) is 9.95. The van der Waals surface area contributed by atoms with E-state index in [1.807, 2.05) is 20.1 Å². The summed E-state index contributed by atoms with van der Waals surface area (Å²) in [5, 5.41) is 29.0. The Labute approximate surface area is 129 Å². The molecule has 0 radical (unpaired) electrons. The predicted octanol–water partition coefficient (Wildman–Crippen LogP) is -2.90. The molecule has 2 aromatic heterocycles. The van der Waals surface area contributed by atoms with Crippen LogP contribution in [0.15, 0.2) is 11.1 Å². The molecule has 1 aliphatic heterocycles. The normalized spacial score (nSPS) is 29.4. The van der Waals surface area contributed by atoms with Crippen molar-refractivity contribution < 1.29 is 40.1 Å². The zero-order chi connectivity index (χ0) is 15.3. The van der Waals surface area contributed by atoms with Gasteiger partial charge in [-0.05, 0) is 0 Å². The van der Waals surface area contributed by atoms with E-state index >= 15 is 0 Å². The SMILES string of the molecule is Nc1nc(=O)c2ncn([C@@H]3O[C@H](CO)[C@@H](O)[C@H]3O)c2[n]1[Pt]. The first-order valence-corrected chi connectivity index (χ1v) is 6.98. The van der Waals surface area contributed by atoms with Gasteiger partial charge in [-0.25, -0.2) is 0 Å². The first kappa shape index (κ1) is 14.6. The van der Waals surface area contributed by atoms with Crippen molar-refractivity contribution in [1.82, 2.24) is 17.7 Å². The number of aliphatic hydroxyl groups excluding tert-OH is 3. The van der Waals surface area contributed by atoms with E-state index in [2.05, 4.69) is 9.97 Å². The number of aromatic nitrogens is 4. The quantitative estimate of drug-likeness (QED) is 0.360. The molecule has 0 spiro atoms. The van der Waals surface area contributed by atoms with Gasteiger partial charge < -0.3 is 0 Å². The van der Waals surface area contributed by atoms with Crippen LogP contribution in [0.2, 0.25) is 0 Å². The molecule has 1 aliphatic rings. The molecule has 4 atom stereocenters. The summed E-state index contributed by atoms with van der Waals surface area (Å²) in [5.41, 5.74) is 5.41. The number of fused-ring (bicyclic) bond motifs is 1. The zero-order valence-electron chi connectivity index (χ0n) is 10.4. The van der Waals surface area contributed by atoms with E-state index in [0.717, 1.165) is 0 Å². The van der Waals surface area contributed by atoms with Gasteiger partial charge in [0.05, 0.1) is 0 Å². The second-order valence-electron chi connectivity index (χ2n) is 4.58. The summed E-state index contributed by atoms with van der Waals surface area (Å²) in [6, 6.07) is 0. The van der Waals surface area contributed by atoms with Gasteiger partial charge in [0.1, 0.15) is 0 Å². The number of anilines is 1. The van der Waals surface area contributed by atoms with Gasteiger partial charge >= 0.3 is 128 Å². The van der Waals surface area contributed by atoms with Crippen LogP contribution in [-0.2, 0) is 24.8 Å². The number of aliphatic hydroxyl groups is 3. The average Bonchev–Trinajstić information content (AvgIpc) is 3.00. The van der Waals surface area contributed by atoms with Crippen LogP contribution in [0.25, 0.3) is 11.2 Å². The van der Waals surface area contributed by atoms with Gasteiger partial charge in [-0.15, -0.1) is 0 Å². The van der Waals surface area contributed by atoms with Gasteiger partial charge in [-0.1, -0.05) is 0 Å². The van der Waals surface area contributed by atoms with Gasteiger partial charge in [-0.2, -0.15) is 0 Å². The fraction of sp³-hybridized carbons (Fsp3) is 0.500. The molecule has 0 saturated carbocycles. The molecule has 21 heavy (non-hydrogen) atoms. The molecule has 3 rings (SSSR count). The van der Waals surface area contributed by atoms with E-state index in [-0.39, 0.29) is 11.5 Å². The fourth-order valence-electron chi connectivity index (χ4n) is 2.29. The number of nitrogens with zero attached hydrogens (tertiary/aromatic N) is 4. The average molecular weight is 477 g/mol. The summed E-state index contributed by atoms with van der Waals surface area (Å²) in [5.74, 6) is -0.0253. The van der Waals surface area contributed by atoms with Crippen molar-refractivity contribution in [2.45, 2.75) is 24.5 Å². The van der Waals surface area contributed by atoms with E-state index in [4.69, 9.17) is 15.6 Å². The van der Waals surface area contributed by atoms with E-state index in [1.54, 1.807) is 0 Å². The van der Waals surface area contributed by atoms with Crippen molar-refractivity contribution in [2.24, 2.45) is 0 Å². The first-order valence-electron chi connectivity index (χ1n) is 5.96. The topological polar surface area (TPSA) is 149 Å².